The number of amides is 1. The maximum atomic E-state index is 12.9. The maximum Gasteiger partial charge on any atom is 0.243 e. The van der Waals surface area contributed by atoms with E-state index in [-0.39, 0.29) is 34.7 Å². The van der Waals surface area contributed by atoms with E-state index < -0.39 is 19.9 Å². The van der Waals surface area contributed by atoms with Crippen LogP contribution in [0, 0.1) is 5.92 Å². The van der Waals surface area contributed by atoms with Crippen molar-refractivity contribution < 1.29 is 21.6 Å². The van der Waals surface area contributed by atoms with Crippen LogP contribution in [-0.4, -0.2) is 51.4 Å². The third kappa shape index (κ3) is 5.47. The van der Waals surface area contributed by atoms with Crippen LogP contribution in [-0.2, 0) is 24.7 Å². The van der Waals surface area contributed by atoms with Crippen LogP contribution >= 0.6 is 34.3 Å². The minimum absolute atomic E-state index is 0.0294. The molecule has 0 radical (unpaired) electrons. The molecular weight excluding hydrogens is 526 g/mol. The standard InChI is InChI=1S/C20H20ClN3O5S4/c1-32(26,27)14-2-4-15(5-3-14)33(28,29)24-10-8-13(9-11-24)19(25)23-20-22-16(12-30-20)17-6-7-18(21)31-17/h2-7,12-13H,8-11H2,1H3,(H,22,23,25). The highest BCUT2D eigenvalue weighted by atomic mass is 35.5. The van der Waals surface area contributed by atoms with Gasteiger partial charge in [0.05, 0.1) is 24.7 Å². The zero-order chi connectivity index (χ0) is 23.8. The number of carbonyl (C=O) groups excluding carboxylic acids is 1. The zero-order valence-electron chi connectivity index (χ0n) is 17.4. The number of aromatic nitrogens is 1. The van der Waals surface area contributed by atoms with Crippen LogP contribution in [0.3, 0.4) is 0 Å². The summed E-state index contributed by atoms with van der Waals surface area (Å²) >= 11 is 8.69. The average Bonchev–Trinajstić information content (AvgIpc) is 3.42. The lowest BCUT2D eigenvalue weighted by Crippen LogP contribution is -2.41. The SMILES string of the molecule is CS(=O)(=O)c1ccc(S(=O)(=O)N2CCC(C(=O)Nc3nc(-c4ccc(Cl)s4)cs3)CC2)cc1. The fraction of sp³-hybridized carbons (Fsp3) is 0.300. The molecule has 1 fully saturated rings. The number of anilines is 1. The van der Waals surface area contributed by atoms with E-state index in [4.69, 9.17) is 11.6 Å². The molecule has 8 nitrogen and oxygen atoms in total. The van der Waals surface area contributed by atoms with Crippen LogP contribution in [0.25, 0.3) is 10.6 Å². The number of sulfonamides is 1. The Labute approximate surface area is 205 Å². The Hall–Kier alpha value is -1.83. The number of hydrogen-bond acceptors (Lipinski definition) is 8. The number of halogens is 1. The van der Waals surface area contributed by atoms with E-state index in [1.165, 1.54) is 51.2 Å². The number of carbonyl (C=O) groups is 1. The van der Waals surface area contributed by atoms with Crippen LogP contribution in [0.5, 0.6) is 0 Å². The first kappa shape index (κ1) is 24.3. The number of thiophene rings is 1. The zero-order valence-corrected chi connectivity index (χ0v) is 21.4. The van der Waals surface area contributed by atoms with Crippen LogP contribution < -0.4 is 5.32 Å². The van der Waals surface area contributed by atoms with E-state index in [1.54, 1.807) is 6.07 Å². The first-order valence-corrected chi connectivity index (χ1v) is 15.3. The van der Waals surface area contributed by atoms with Crippen LogP contribution in [0.2, 0.25) is 4.34 Å². The molecule has 13 heteroatoms. The Balaban J connectivity index is 1.36. The van der Waals surface area contributed by atoms with Crippen LogP contribution in [0.1, 0.15) is 12.8 Å². The number of nitrogens with one attached hydrogen (secondary N) is 1. The second-order valence-corrected chi connectivity index (χ2v) is 14.1. The summed E-state index contributed by atoms with van der Waals surface area (Å²) in [7, 11) is -7.18. The number of benzene rings is 1. The fourth-order valence-corrected chi connectivity index (χ4v) is 7.36. The topological polar surface area (TPSA) is 114 Å². The van der Waals surface area contributed by atoms with Gasteiger partial charge in [0, 0.05) is 30.6 Å². The van der Waals surface area contributed by atoms with Crippen molar-refractivity contribution in [1.82, 2.24) is 9.29 Å². The fourth-order valence-electron chi connectivity index (χ4n) is 3.47. The quantitative estimate of drug-likeness (QED) is 0.501. The van der Waals surface area contributed by atoms with Crippen molar-refractivity contribution in [2.45, 2.75) is 22.6 Å². The summed E-state index contributed by atoms with van der Waals surface area (Å²) in [4.78, 5) is 18.1. The number of sulfone groups is 1. The van der Waals surface area contributed by atoms with Gasteiger partial charge in [0.1, 0.15) is 0 Å². The van der Waals surface area contributed by atoms with E-state index >= 15 is 0 Å². The molecule has 0 saturated carbocycles. The van der Waals surface area contributed by atoms with Gasteiger partial charge in [0.15, 0.2) is 15.0 Å². The van der Waals surface area contributed by atoms with Gasteiger partial charge in [-0.2, -0.15) is 4.31 Å². The molecule has 2 aromatic heterocycles. The van der Waals surface area contributed by atoms with Gasteiger partial charge >= 0.3 is 0 Å². The van der Waals surface area contributed by atoms with E-state index in [9.17, 15) is 21.6 Å². The predicted molar refractivity (Wildman–Crippen MR) is 130 cm³/mol. The van der Waals surface area contributed by atoms with Crippen LogP contribution in [0.4, 0.5) is 5.13 Å². The summed E-state index contributed by atoms with van der Waals surface area (Å²) in [6, 6.07) is 8.83. The summed E-state index contributed by atoms with van der Waals surface area (Å²) < 4.78 is 51.0. The Kier molecular flexibility index (Phi) is 6.95. The molecular formula is C20H20ClN3O5S4. The third-order valence-electron chi connectivity index (χ3n) is 5.27. The van der Waals surface area contributed by atoms with Gasteiger partial charge in [0.2, 0.25) is 15.9 Å². The van der Waals surface area contributed by atoms with Crippen molar-refractivity contribution in [3.05, 3.63) is 46.1 Å². The molecule has 0 unspecified atom stereocenters. The van der Waals surface area contributed by atoms with Crippen molar-refractivity contribution in [1.29, 1.82) is 0 Å². The Morgan fingerprint density at radius 2 is 1.70 bits per heavy atom. The highest BCUT2D eigenvalue weighted by molar-refractivity contribution is 7.90. The second kappa shape index (κ2) is 9.43. The molecule has 33 heavy (non-hydrogen) atoms. The highest BCUT2D eigenvalue weighted by Gasteiger charge is 2.32. The molecule has 0 bridgehead atoms. The molecule has 1 aliphatic heterocycles. The monoisotopic (exact) mass is 545 g/mol. The van der Waals surface area contributed by atoms with E-state index in [1.807, 2.05) is 11.4 Å². The number of piperidine rings is 1. The van der Waals surface area contributed by atoms with Gasteiger partial charge in [-0.1, -0.05) is 11.6 Å². The summed E-state index contributed by atoms with van der Waals surface area (Å²) in [6.45, 7) is 0.399. The molecule has 3 aromatic rings. The van der Waals surface area contributed by atoms with Crippen molar-refractivity contribution in [3.8, 4) is 10.6 Å². The van der Waals surface area contributed by atoms with Crippen molar-refractivity contribution in [2.24, 2.45) is 5.92 Å². The number of hydrogen-bond donors (Lipinski definition) is 1. The molecule has 1 N–H and O–H groups in total. The summed E-state index contributed by atoms with van der Waals surface area (Å²) in [5.41, 5.74) is 0.745. The molecule has 3 heterocycles. The molecule has 0 aliphatic carbocycles. The number of nitrogens with zero attached hydrogens (tertiary/aromatic N) is 2. The summed E-state index contributed by atoms with van der Waals surface area (Å²) in [5, 5.41) is 5.17. The lowest BCUT2D eigenvalue weighted by atomic mass is 9.97. The highest BCUT2D eigenvalue weighted by Crippen LogP contribution is 2.33. The number of rotatable bonds is 6. The maximum absolute atomic E-state index is 12.9. The van der Waals surface area contributed by atoms with Gasteiger partial charge < -0.3 is 5.32 Å². The van der Waals surface area contributed by atoms with Gasteiger partial charge in [-0.15, -0.1) is 22.7 Å². The van der Waals surface area contributed by atoms with Crippen molar-refractivity contribution in [3.63, 3.8) is 0 Å². The van der Waals surface area contributed by atoms with E-state index in [0.29, 0.717) is 22.3 Å². The minimum Gasteiger partial charge on any atom is -0.302 e. The summed E-state index contributed by atoms with van der Waals surface area (Å²) in [6.07, 6.45) is 1.83. The predicted octanol–water partition coefficient (Wildman–Crippen LogP) is 3.97. The second-order valence-electron chi connectivity index (χ2n) is 7.55. The molecule has 1 aliphatic rings. The molecule has 0 spiro atoms. The average molecular weight is 546 g/mol. The van der Waals surface area contributed by atoms with Crippen molar-refractivity contribution >= 4 is 65.2 Å². The van der Waals surface area contributed by atoms with Gasteiger partial charge in [0.25, 0.3) is 0 Å². The van der Waals surface area contributed by atoms with Gasteiger partial charge in [-0.05, 0) is 49.2 Å². The van der Waals surface area contributed by atoms with Crippen LogP contribution in [0.15, 0.2) is 51.6 Å². The first-order valence-electron chi connectivity index (χ1n) is 9.86. The molecule has 4 rings (SSSR count). The lowest BCUT2D eigenvalue weighted by Gasteiger charge is -2.30. The minimum atomic E-state index is -3.77. The first-order chi connectivity index (χ1) is 15.5. The third-order valence-corrected chi connectivity index (χ3v) is 10.3. The molecule has 1 saturated heterocycles. The van der Waals surface area contributed by atoms with E-state index in [0.717, 1.165) is 16.8 Å². The Morgan fingerprint density at radius 3 is 2.27 bits per heavy atom. The molecule has 176 valence electrons. The van der Waals surface area contributed by atoms with Gasteiger partial charge in [-0.25, -0.2) is 21.8 Å². The molecule has 0 atom stereocenters. The molecule has 1 amide bonds. The lowest BCUT2D eigenvalue weighted by molar-refractivity contribution is -0.120. The smallest absolute Gasteiger partial charge is 0.243 e. The Morgan fingerprint density at radius 1 is 1.06 bits per heavy atom. The Bertz CT molecular complexity index is 1370. The largest absolute Gasteiger partial charge is 0.302 e. The van der Waals surface area contributed by atoms with Gasteiger partial charge in [-0.3, -0.25) is 4.79 Å². The number of thiazole rings is 1. The van der Waals surface area contributed by atoms with E-state index in [2.05, 4.69) is 10.3 Å². The molecule has 1 aromatic carbocycles. The van der Waals surface area contributed by atoms with Crippen molar-refractivity contribution in [2.75, 3.05) is 24.7 Å². The summed E-state index contributed by atoms with van der Waals surface area (Å²) in [5.74, 6) is -0.512. The normalized spacial score (nSPS) is 16.1.